The molecule has 1 aromatic rings. The van der Waals surface area contributed by atoms with Gasteiger partial charge in [-0.05, 0) is 30.1 Å². The molecule has 0 saturated heterocycles. The highest BCUT2D eigenvalue weighted by Crippen LogP contribution is 2.12. The number of benzene rings is 1. The molecule has 0 aliphatic rings. The number of likely N-dealkylation sites (N-methyl/N-ethyl adjacent to an activating group) is 1. The minimum Gasteiger partial charge on any atom is -0.340 e. The maximum absolute atomic E-state index is 12.3. The van der Waals surface area contributed by atoms with Gasteiger partial charge in [0.05, 0.1) is 5.16 Å². The summed E-state index contributed by atoms with van der Waals surface area (Å²) in [4.78, 5) is 18.0. The van der Waals surface area contributed by atoms with Crippen LogP contribution in [0.15, 0.2) is 35.3 Å². The van der Waals surface area contributed by atoms with Crippen molar-refractivity contribution < 1.29 is 4.79 Å². The number of amides is 1. The van der Waals surface area contributed by atoms with Crippen molar-refractivity contribution in [1.29, 1.82) is 0 Å². The Kier molecular flexibility index (Phi) is 6.40. The van der Waals surface area contributed by atoms with Gasteiger partial charge in [-0.2, -0.15) is 0 Å². The van der Waals surface area contributed by atoms with E-state index in [0.29, 0.717) is 18.9 Å². The van der Waals surface area contributed by atoms with Gasteiger partial charge in [-0.3, -0.25) is 4.79 Å². The monoisotopic (exact) mass is 276 g/mol. The minimum absolute atomic E-state index is 0.00472. The Labute approximate surface area is 120 Å². The molecule has 1 atom stereocenters. The molecule has 0 heterocycles. The van der Waals surface area contributed by atoms with Crippen LogP contribution in [-0.2, 0) is 11.3 Å². The van der Waals surface area contributed by atoms with Gasteiger partial charge in [-0.1, -0.05) is 44.2 Å². The molecule has 0 aliphatic heterocycles. The largest absolute Gasteiger partial charge is 0.340 e. The zero-order chi connectivity index (χ0) is 14.3. The number of carbonyl (C=O) groups excluding carboxylic acids is 1. The van der Waals surface area contributed by atoms with Crippen molar-refractivity contribution in [2.24, 2.45) is 10.9 Å². The molecule has 1 rings (SSSR count). The first-order valence-electron chi connectivity index (χ1n) is 6.40. The van der Waals surface area contributed by atoms with Gasteiger partial charge in [0.15, 0.2) is 0 Å². The first kappa shape index (κ1) is 15.5. The highest BCUT2D eigenvalue weighted by molar-refractivity contribution is 7.78. The van der Waals surface area contributed by atoms with Gasteiger partial charge in [-0.15, -0.1) is 0 Å². The maximum Gasteiger partial charge on any atom is 0.248 e. The third kappa shape index (κ3) is 5.33. The lowest BCUT2D eigenvalue weighted by molar-refractivity contribution is -0.132. The van der Waals surface area contributed by atoms with Crippen molar-refractivity contribution in [3.05, 3.63) is 35.9 Å². The van der Waals surface area contributed by atoms with E-state index in [1.54, 1.807) is 11.9 Å². The fourth-order valence-corrected chi connectivity index (χ4v) is 2.04. The van der Waals surface area contributed by atoms with Gasteiger partial charge >= 0.3 is 0 Å². The van der Waals surface area contributed by atoms with Gasteiger partial charge in [0.2, 0.25) is 5.91 Å². The third-order valence-corrected chi connectivity index (χ3v) is 2.93. The summed E-state index contributed by atoms with van der Waals surface area (Å²) < 4.78 is 0. The summed E-state index contributed by atoms with van der Waals surface area (Å²) in [5, 5.41) is 2.33. The van der Waals surface area contributed by atoms with Crippen LogP contribution in [0.1, 0.15) is 25.8 Å². The van der Waals surface area contributed by atoms with Crippen LogP contribution in [-0.4, -0.2) is 29.1 Å². The highest BCUT2D eigenvalue weighted by Gasteiger charge is 2.22. The normalized spacial score (nSPS) is 11.8. The summed E-state index contributed by atoms with van der Waals surface area (Å²) >= 11 is 4.63. The summed E-state index contributed by atoms with van der Waals surface area (Å²) in [5.74, 6) is 0.390. The number of nitrogens with zero attached hydrogens (tertiary/aromatic N) is 2. The Morgan fingerprint density at radius 3 is 2.53 bits per heavy atom. The van der Waals surface area contributed by atoms with Crippen LogP contribution >= 0.6 is 12.2 Å². The van der Waals surface area contributed by atoms with Crippen LogP contribution < -0.4 is 0 Å². The number of isothiocyanates is 1. The van der Waals surface area contributed by atoms with Crippen LogP contribution in [0.25, 0.3) is 0 Å². The van der Waals surface area contributed by atoms with E-state index < -0.39 is 6.04 Å². The standard InChI is InChI=1S/C15H20N2OS/c1-12(2)9-14(16-11-19)15(18)17(3)10-13-7-5-4-6-8-13/h4-8,12,14H,9-10H2,1-3H3/t14-/m0/s1. The van der Waals surface area contributed by atoms with E-state index in [1.807, 2.05) is 30.3 Å². The molecule has 0 spiro atoms. The first-order valence-corrected chi connectivity index (χ1v) is 6.81. The van der Waals surface area contributed by atoms with E-state index in [9.17, 15) is 4.79 Å². The second-order valence-corrected chi connectivity index (χ2v) is 5.23. The van der Waals surface area contributed by atoms with E-state index in [-0.39, 0.29) is 5.91 Å². The second kappa shape index (κ2) is 7.82. The Morgan fingerprint density at radius 1 is 1.37 bits per heavy atom. The number of carbonyl (C=O) groups is 1. The molecule has 3 nitrogen and oxygen atoms in total. The topological polar surface area (TPSA) is 32.7 Å². The molecule has 0 bridgehead atoms. The van der Waals surface area contributed by atoms with Crippen LogP contribution in [0.4, 0.5) is 0 Å². The number of hydrogen-bond donors (Lipinski definition) is 0. The second-order valence-electron chi connectivity index (χ2n) is 5.05. The smallest absolute Gasteiger partial charge is 0.248 e. The van der Waals surface area contributed by atoms with Crippen LogP contribution in [0.5, 0.6) is 0 Å². The zero-order valence-corrected chi connectivity index (χ0v) is 12.5. The van der Waals surface area contributed by atoms with E-state index in [0.717, 1.165) is 5.56 Å². The van der Waals surface area contributed by atoms with Gasteiger partial charge in [0.25, 0.3) is 0 Å². The molecule has 1 amide bonds. The third-order valence-electron chi connectivity index (χ3n) is 2.83. The lowest BCUT2D eigenvalue weighted by Crippen LogP contribution is -2.35. The van der Waals surface area contributed by atoms with E-state index in [1.165, 1.54) is 0 Å². The molecule has 0 N–H and O–H groups in total. The van der Waals surface area contributed by atoms with Crippen molar-refractivity contribution in [3.63, 3.8) is 0 Å². The fourth-order valence-electron chi connectivity index (χ4n) is 1.91. The Balaban J connectivity index is 2.70. The number of thiocarbonyl (C=S) groups is 1. The predicted molar refractivity (Wildman–Crippen MR) is 81.2 cm³/mol. The SMILES string of the molecule is CC(C)C[C@H](N=C=S)C(=O)N(C)Cc1ccccc1. The summed E-state index contributed by atoms with van der Waals surface area (Å²) in [6.45, 7) is 4.72. The Hall–Kier alpha value is -1.51. The molecule has 0 fully saturated rings. The number of aliphatic imine (C=N–C) groups is 1. The summed E-state index contributed by atoms with van der Waals surface area (Å²) in [6.07, 6.45) is 0.696. The summed E-state index contributed by atoms with van der Waals surface area (Å²) in [5.41, 5.74) is 1.10. The van der Waals surface area contributed by atoms with Crippen LogP contribution in [0.2, 0.25) is 0 Å². The molecule has 0 saturated carbocycles. The van der Waals surface area contributed by atoms with Crippen LogP contribution in [0, 0.1) is 5.92 Å². The summed E-state index contributed by atoms with van der Waals surface area (Å²) in [6, 6.07) is 9.49. The van der Waals surface area contributed by atoms with Crippen molar-refractivity contribution in [2.45, 2.75) is 32.9 Å². The molecule has 102 valence electrons. The van der Waals surface area contributed by atoms with Crippen molar-refractivity contribution in [2.75, 3.05) is 7.05 Å². The van der Waals surface area contributed by atoms with Gasteiger partial charge in [-0.25, -0.2) is 4.99 Å². The van der Waals surface area contributed by atoms with E-state index in [4.69, 9.17) is 0 Å². The summed E-state index contributed by atoms with van der Waals surface area (Å²) in [7, 11) is 1.79. The molecule has 0 aliphatic carbocycles. The van der Waals surface area contributed by atoms with Crippen molar-refractivity contribution in [1.82, 2.24) is 4.90 Å². The molecular formula is C15H20N2OS. The molecule has 0 unspecified atom stereocenters. The van der Waals surface area contributed by atoms with Crippen molar-refractivity contribution >= 4 is 23.3 Å². The Bertz CT molecular complexity index is 452. The molecule has 0 aromatic heterocycles. The Morgan fingerprint density at radius 2 is 2.00 bits per heavy atom. The number of rotatable bonds is 6. The van der Waals surface area contributed by atoms with Gasteiger partial charge in [0, 0.05) is 13.6 Å². The maximum atomic E-state index is 12.3. The van der Waals surface area contributed by atoms with Crippen molar-refractivity contribution in [3.8, 4) is 0 Å². The number of hydrogen-bond acceptors (Lipinski definition) is 3. The molecular weight excluding hydrogens is 256 g/mol. The first-order chi connectivity index (χ1) is 9.04. The average molecular weight is 276 g/mol. The highest BCUT2D eigenvalue weighted by atomic mass is 32.1. The molecule has 4 heteroatoms. The fraction of sp³-hybridized carbons (Fsp3) is 0.467. The lowest BCUT2D eigenvalue weighted by atomic mass is 10.0. The predicted octanol–water partition coefficient (Wildman–Crippen LogP) is 3.16. The van der Waals surface area contributed by atoms with Crippen LogP contribution in [0.3, 0.4) is 0 Å². The van der Waals surface area contributed by atoms with Gasteiger partial charge < -0.3 is 4.90 Å². The quantitative estimate of drug-likeness (QED) is 0.590. The lowest BCUT2D eigenvalue weighted by Gasteiger charge is -2.22. The van der Waals surface area contributed by atoms with E-state index >= 15 is 0 Å². The van der Waals surface area contributed by atoms with Gasteiger partial charge in [0.1, 0.15) is 6.04 Å². The molecule has 19 heavy (non-hydrogen) atoms. The molecule has 0 radical (unpaired) electrons. The average Bonchev–Trinajstić information content (AvgIpc) is 2.38. The van der Waals surface area contributed by atoms with E-state index in [2.05, 4.69) is 36.2 Å². The minimum atomic E-state index is -0.411. The zero-order valence-electron chi connectivity index (χ0n) is 11.7. The molecule has 1 aromatic carbocycles.